The van der Waals surface area contributed by atoms with Crippen LogP contribution in [0.15, 0.2) is 35.6 Å². The molecule has 0 aromatic heterocycles. The van der Waals surface area contributed by atoms with Gasteiger partial charge in [-0.3, -0.25) is 9.59 Å². The molecule has 1 unspecified atom stereocenters. The number of rotatable bonds is 4. The molecule has 1 aliphatic rings. The van der Waals surface area contributed by atoms with Crippen LogP contribution in [0.1, 0.15) is 32.8 Å². The first-order valence-corrected chi connectivity index (χ1v) is 7.30. The summed E-state index contributed by atoms with van der Waals surface area (Å²) in [7, 11) is 0. The van der Waals surface area contributed by atoms with Crippen molar-refractivity contribution in [1.82, 2.24) is 4.90 Å². The third-order valence-corrected chi connectivity index (χ3v) is 3.72. The number of allylic oxidation sites excluding steroid dienone is 1. The summed E-state index contributed by atoms with van der Waals surface area (Å²) in [5.41, 5.74) is 0.612. The normalized spacial score (nSPS) is 21.0. The van der Waals surface area contributed by atoms with Crippen LogP contribution in [0, 0.1) is 11.7 Å². The van der Waals surface area contributed by atoms with Crippen LogP contribution in [0.25, 0.3) is 0 Å². The van der Waals surface area contributed by atoms with Crippen LogP contribution in [-0.4, -0.2) is 27.7 Å². The Morgan fingerprint density at radius 1 is 1.27 bits per heavy atom. The maximum Gasteiger partial charge on any atom is 0.261 e. The quantitative estimate of drug-likeness (QED) is 0.528. The summed E-state index contributed by atoms with van der Waals surface area (Å²) in [4.78, 5) is 26.3. The molecule has 1 aromatic carbocycles. The molecule has 0 radical (unpaired) electrons. The van der Waals surface area contributed by atoms with E-state index in [0.29, 0.717) is 6.42 Å². The maximum absolute atomic E-state index is 13.0. The molecule has 1 aromatic rings. The molecule has 4 nitrogen and oxygen atoms in total. The smallest absolute Gasteiger partial charge is 0.261 e. The lowest BCUT2D eigenvalue weighted by Crippen LogP contribution is -2.36. The van der Waals surface area contributed by atoms with Crippen LogP contribution in [0.5, 0.6) is 0 Å². The molecule has 0 aliphatic carbocycles. The van der Waals surface area contributed by atoms with E-state index < -0.39 is 11.9 Å². The van der Waals surface area contributed by atoms with E-state index in [1.807, 2.05) is 13.8 Å². The monoisotopic (exact) mass is 305 g/mol. The van der Waals surface area contributed by atoms with Gasteiger partial charge in [0.25, 0.3) is 5.91 Å². The number of hydrogen-bond donors (Lipinski definition) is 1. The number of amides is 1. The first kappa shape index (κ1) is 16.2. The fraction of sp³-hybridized carbons (Fsp3) is 0.412. The summed E-state index contributed by atoms with van der Waals surface area (Å²) in [6.07, 6.45) is 0.530. The summed E-state index contributed by atoms with van der Waals surface area (Å²) >= 11 is 0. The van der Waals surface area contributed by atoms with Gasteiger partial charge in [-0.1, -0.05) is 26.0 Å². The van der Waals surface area contributed by atoms with Crippen molar-refractivity contribution in [1.29, 1.82) is 0 Å². The highest BCUT2D eigenvalue weighted by atomic mass is 19.1. The van der Waals surface area contributed by atoms with E-state index in [2.05, 4.69) is 0 Å². The van der Waals surface area contributed by atoms with Crippen molar-refractivity contribution in [2.45, 2.75) is 39.8 Å². The molecule has 1 saturated heterocycles. The van der Waals surface area contributed by atoms with Crippen molar-refractivity contribution in [2.75, 3.05) is 0 Å². The van der Waals surface area contributed by atoms with Crippen molar-refractivity contribution in [3.8, 4) is 0 Å². The molecule has 5 heteroatoms. The average molecular weight is 305 g/mol. The molecule has 1 atom stereocenters. The number of carbonyl (C=O) groups excluding carboxylic acids is 2. The lowest BCUT2D eigenvalue weighted by atomic mass is 9.99. The van der Waals surface area contributed by atoms with Gasteiger partial charge < -0.3 is 10.0 Å². The van der Waals surface area contributed by atoms with Gasteiger partial charge in [-0.2, -0.15) is 0 Å². The molecule has 1 N–H and O–H groups in total. The van der Waals surface area contributed by atoms with E-state index in [9.17, 15) is 19.1 Å². The van der Waals surface area contributed by atoms with E-state index in [-0.39, 0.29) is 35.4 Å². The molecular formula is C17H20FNO3. The van der Waals surface area contributed by atoms with Crippen molar-refractivity contribution in [3.05, 3.63) is 47.0 Å². The summed E-state index contributed by atoms with van der Waals surface area (Å²) < 4.78 is 13.0. The molecule has 2 rings (SSSR count). The van der Waals surface area contributed by atoms with Crippen molar-refractivity contribution in [2.24, 2.45) is 5.92 Å². The molecule has 1 aliphatic heterocycles. The highest BCUT2D eigenvalue weighted by molar-refractivity contribution is 6.26. The minimum absolute atomic E-state index is 0.132. The molecule has 1 heterocycles. The maximum atomic E-state index is 13.0. The fourth-order valence-electron chi connectivity index (χ4n) is 2.68. The Kier molecular flexibility index (Phi) is 4.64. The molecule has 22 heavy (non-hydrogen) atoms. The number of carbonyl (C=O) groups is 2. The second-order valence-electron chi connectivity index (χ2n) is 6.03. The fourth-order valence-corrected chi connectivity index (χ4v) is 2.68. The number of ketones is 1. The summed E-state index contributed by atoms with van der Waals surface area (Å²) in [6.45, 7) is 5.51. The minimum atomic E-state index is -0.574. The van der Waals surface area contributed by atoms with Crippen LogP contribution in [0.2, 0.25) is 0 Å². The Morgan fingerprint density at radius 3 is 2.36 bits per heavy atom. The van der Waals surface area contributed by atoms with E-state index >= 15 is 0 Å². The number of aliphatic hydroxyl groups is 1. The largest absolute Gasteiger partial charge is 0.512 e. The number of hydrogen-bond acceptors (Lipinski definition) is 3. The standard InChI is InChI=1S/C17H20FNO3/c1-10(2)8-14-16(21)15(11(3)20)17(22)19(14)9-12-4-6-13(18)7-5-12/h4-7,10,14,20H,8-9H2,1-3H3/b15-11-. The van der Waals surface area contributed by atoms with Gasteiger partial charge in [-0.05, 0) is 37.0 Å². The SMILES string of the molecule is C/C(O)=C1\C(=O)C(CC(C)C)N(Cc2ccc(F)cc2)C1=O. The number of benzene rings is 1. The predicted octanol–water partition coefficient (Wildman–Crippen LogP) is 2.98. The number of nitrogens with zero attached hydrogens (tertiary/aromatic N) is 1. The zero-order valence-electron chi connectivity index (χ0n) is 13.0. The van der Waals surface area contributed by atoms with Crippen LogP contribution < -0.4 is 0 Å². The first-order chi connectivity index (χ1) is 10.3. The molecule has 1 fully saturated rings. The predicted molar refractivity (Wildman–Crippen MR) is 80.5 cm³/mol. The first-order valence-electron chi connectivity index (χ1n) is 7.30. The Labute approximate surface area is 129 Å². The van der Waals surface area contributed by atoms with Gasteiger partial charge in [-0.25, -0.2) is 4.39 Å². The molecule has 0 saturated carbocycles. The van der Waals surface area contributed by atoms with Crippen LogP contribution in [0.4, 0.5) is 4.39 Å². The average Bonchev–Trinajstić information content (AvgIpc) is 2.65. The van der Waals surface area contributed by atoms with E-state index in [1.165, 1.54) is 24.0 Å². The third kappa shape index (κ3) is 3.18. The van der Waals surface area contributed by atoms with Crippen LogP contribution in [-0.2, 0) is 16.1 Å². The van der Waals surface area contributed by atoms with Crippen molar-refractivity contribution in [3.63, 3.8) is 0 Å². The zero-order chi connectivity index (χ0) is 16.4. The highest BCUT2D eigenvalue weighted by Crippen LogP contribution is 2.28. The van der Waals surface area contributed by atoms with Gasteiger partial charge in [0.15, 0.2) is 5.78 Å². The molecule has 118 valence electrons. The number of Topliss-reactive ketones (excluding diaryl/α,β-unsaturated/α-hetero) is 1. The second-order valence-corrected chi connectivity index (χ2v) is 6.03. The molecule has 0 bridgehead atoms. The molecule has 1 amide bonds. The second kappa shape index (κ2) is 6.30. The van der Waals surface area contributed by atoms with E-state index in [4.69, 9.17) is 0 Å². The van der Waals surface area contributed by atoms with Gasteiger partial charge >= 0.3 is 0 Å². The Bertz CT molecular complexity index is 615. The Balaban J connectivity index is 2.32. The van der Waals surface area contributed by atoms with Gasteiger partial charge in [0.1, 0.15) is 17.1 Å². The van der Waals surface area contributed by atoms with E-state index in [0.717, 1.165) is 5.56 Å². The number of likely N-dealkylation sites (tertiary alicyclic amines) is 1. The van der Waals surface area contributed by atoms with Gasteiger partial charge in [0, 0.05) is 6.54 Å². The van der Waals surface area contributed by atoms with E-state index in [1.54, 1.807) is 12.1 Å². The summed E-state index contributed by atoms with van der Waals surface area (Å²) in [5, 5.41) is 9.63. The number of aliphatic hydroxyl groups excluding tert-OH is 1. The zero-order valence-corrected chi connectivity index (χ0v) is 13.0. The summed E-state index contributed by atoms with van der Waals surface area (Å²) in [5.74, 6) is -1.15. The van der Waals surface area contributed by atoms with Gasteiger partial charge in [-0.15, -0.1) is 0 Å². The lowest BCUT2D eigenvalue weighted by molar-refractivity contribution is -0.128. The lowest BCUT2D eigenvalue weighted by Gasteiger charge is -2.24. The topological polar surface area (TPSA) is 57.6 Å². The van der Waals surface area contributed by atoms with Crippen molar-refractivity contribution >= 4 is 11.7 Å². The molecule has 0 spiro atoms. The van der Waals surface area contributed by atoms with Gasteiger partial charge in [0.05, 0.1) is 6.04 Å². The van der Waals surface area contributed by atoms with Crippen LogP contribution in [0.3, 0.4) is 0 Å². The highest BCUT2D eigenvalue weighted by Gasteiger charge is 2.44. The van der Waals surface area contributed by atoms with Crippen LogP contribution >= 0.6 is 0 Å². The minimum Gasteiger partial charge on any atom is -0.512 e. The number of halogens is 1. The molecular weight excluding hydrogens is 285 g/mol. The van der Waals surface area contributed by atoms with Crippen molar-refractivity contribution < 1.29 is 19.1 Å². The Hall–Kier alpha value is -2.17. The van der Waals surface area contributed by atoms with Gasteiger partial charge in [0.2, 0.25) is 0 Å². The summed E-state index contributed by atoms with van der Waals surface area (Å²) in [6, 6.07) is 5.25. The third-order valence-electron chi connectivity index (χ3n) is 3.72. The Morgan fingerprint density at radius 2 is 1.86 bits per heavy atom.